The van der Waals surface area contributed by atoms with Crippen LogP contribution in [0.4, 0.5) is 0 Å². The summed E-state index contributed by atoms with van der Waals surface area (Å²) in [6.45, 7) is 2.05. The highest BCUT2D eigenvalue weighted by Crippen LogP contribution is 2.52. The number of benzene rings is 2. The molecule has 1 unspecified atom stereocenters. The van der Waals surface area contributed by atoms with E-state index in [1.54, 1.807) is 6.07 Å². The fraction of sp³-hybridized carbons (Fsp3) is 0.391. The normalized spacial score (nSPS) is 30.9. The minimum Gasteiger partial charge on any atom is -0.373 e. The SMILES string of the molecule is CCc1ccc(-c2ccc(Cl)c(Cl)c2)cc1C1C(=O)[C@@H]2[C@H](C1=O)[C@H]1CC[C@@H]2O1. The molecular weight excluding hydrogens is 395 g/mol. The molecular formula is C23H20Cl2O3. The van der Waals surface area contributed by atoms with Crippen molar-refractivity contribution in [3.05, 3.63) is 57.6 Å². The van der Waals surface area contributed by atoms with Crippen LogP contribution >= 0.6 is 23.2 Å². The molecule has 1 aliphatic carbocycles. The number of aryl methyl sites for hydroxylation is 1. The third-order valence-electron chi connectivity index (χ3n) is 6.59. The number of fused-ring (bicyclic) bond motifs is 5. The van der Waals surface area contributed by atoms with Gasteiger partial charge >= 0.3 is 0 Å². The lowest BCUT2D eigenvalue weighted by atomic mass is 9.81. The second-order valence-electron chi connectivity index (χ2n) is 7.98. The van der Waals surface area contributed by atoms with Crippen LogP contribution in [-0.2, 0) is 20.7 Å². The van der Waals surface area contributed by atoms with Crippen LogP contribution < -0.4 is 0 Å². The zero-order valence-electron chi connectivity index (χ0n) is 15.5. The molecule has 0 aromatic heterocycles. The summed E-state index contributed by atoms with van der Waals surface area (Å²) in [6, 6.07) is 11.5. The van der Waals surface area contributed by atoms with E-state index in [4.69, 9.17) is 27.9 Å². The molecule has 0 radical (unpaired) electrons. The van der Waals surface area contributed by atoms with Gasteiger partial charge in [-0.05, 0) is 59.7 Å². The van der Waals surface area contributed by atoms with Crippen LogP contribution in [0.25, 0.3) is 11.1 Å². The van der Waals surface area contributed by atoms with Gasteiger partial charge in [-0.2, -0.15) is 0 Å². The minimum atomic E-state index is -0.667. The number of carbonyl (C=O) groups is 2. The Labute approximate surface area is 174 Å². The van der Waals surface area contributed by atoms with E-state index in [9.17, 15) is 9.59 Å². The Balaban J connectivity index is 1.58. The molecule has 0 amide bonds. The monoisotopic (exact) mass is 414 g/mol. The van der Waals surface area contributed by atoms with Gasteiger partial charge in [0.1, 0.15) is 5.92 Å². The molecule has 5 rings (SSSR count). The van der Waals surface area contributed by atoms with Crippen molar-refractivity contribution in [1.82, 2.24) is 0 Å². The zero-order chi connectivity index (χ0) is 19.6. The van der Waals surface area contributed by atoms with Crippen molar-refractivity contribution in [2.75, 3.05) is 0 Å². The van der Waals surface area contributed by atoms with Crippen LogP contribution in [0.5, 0.6) is 0 Å². The average molecular weight is 415 g/mol. The maximum absolute atomic E-state index is 13.3. The van der Waals surface area contributed by atoms with Gasteiger partial charge < -0.3 is 4.74 Å². The van der Waals surface area contributed by atoms with Crippen molar-refractivity contribution in [3.63, 3.8) is 0 Å². The zero-order valence-corrected chi connectivity index (χ0v) is 17.0. The number of ketones is 2. The first-order valence-corrected chi connectivity index (χ1v) is 10.6. The van der Waals surface area contributed by atoms with E-state index in [1.807, 2.05) is 30.3 Å². The smallest absolute Gasteiger partial charge is 0.154 e. The van der Waals surface area contributed by atoms with E-state index in [1.165, 1.54) is 0 Å². The van der Waals surface area contributed by atoms with Gasteiger partial charge in [0, 0.05) is 0 Å². The summed E-state index contributed by atoms with van der Waals surface area (Å²) in [5.41, 5.74) is 3.74. The number of ether oxygens (including phenoxy) is 1. The number of rotatable bonds is 3. The third-order valence-corrected chi connectivity index (χ3v) is 7.33. The van der Waals surface area contributed by atoms with Crippen LogP contribution in [0.3, 0.4) is 0 Å². The summed E-state index contributed by atoms with van der Waals surface area (Å²) in [6.07, 6.45) is 2.41. The molecule has 1 saturated carbocycles. The highest BCUT2D eigenvalue weighted by atomic mass is 35.5. The molecule has 5 heteroatoms. The summed E-state index contributed by atoms with van der Waals surface area (Å²) >= 11 is 12.2. The fourth-order valence-electron chi connectivity index (χ4n) is 5.27. The van der Waals surface area contributed by atoms with Gasteiger partial charge in [-0.3, -0.25) is 9.59 Å². The molecule has 0 spiro atoms. The fourth-order valence-corrected chi connectivity index (χ4v) is 5.57. The lowest BCUT2D eigenvalue weighted by Crippen LogP contribution is -2.29. The first-order chi connectivity index (χ1) is 13.5. The molecule has 3 aliphatic rings. The number of halogens is 2. The van der Waals surface area contributed by atoms with E-state index in [0.717, 1.165) is 41.5 Å². The largest absolute Gasteiger partial charge is 0.373 e. The van der Waals surface area contributed by atoms with Crippen LogP contribution in [0.2, 0.25) is 10.0 Å². The predicted molar refractivity (Wildman–Crippen MR) is 109 cm³/mol. The first-order valence-electron chi connectivity index (χ1n) is 9.80. The van der Waals surface area contributed by atoms with E-state index in [-0.39, 0.29) is 35.6 Å². The molecule has 2 aromatic carbocycles. The van der Waals surface area contributed by atoms with Crippen molar-refractivity contribution >= 4 is 34.8 Å². The van der Waals surface area contributed by atoms with Crippen LogP contribution in [0, 0.1) is 11.8 Å². The molecule has 2 aliphatic heterocycles. The van der Waals surface area contributed by atoms with Gasteiger partial charge in [-0.15, -0.1) is 0 Å². The topological polar surface area (TPSA) is 43.4 Å². The molecule has 2 saturated heterocycles. The molecule has 3 nitrogen and oxygen atoms in total. The quantitative estimate of drug-likeness (QED) is 0.643. The Morgan fingerprint density at radius 1 is 0.893 bits per heavy atom. The van der Waals surface area contributed by atoms with Gasteiger partial charge in [0.05, 0.1) is 34.1 Å². The first kappa shape index (κ1) is 18.4. The van der Waals surface area contributed by atoms with Crippen molar-refractivity contribution in [3.8, 4) is 11.1 Å². The van der Waals surface area contributed by atoms with Gasteiger partial charge in [0.15, 0.2) is 11.6 Å². The maximum Gasteiger partial charge on any atom is 0.154 e. The summed E-state index contributed by atoms with van der Waals surface area (Å²) in [7, 11) is 0. The van der Waals surface area contributed by atoms with Crippen LogP contribution in [-0.4, -0.2) is 23.8 Å². The van der Waals surface area contributed by atoms with Crippen molar-refractivity contribution in [2.24, 2.45) is 11.8 Å². The number of carbonyl (C=O) groups excluding carboxylic acids is 2. The van der Waals surface area contributed by atoms with Crippen LogP contribution in [0.1, 0.15) is 36.8 Å². The highest BCUT2D eigenvalue weighted by Gasteiger charge is 2.63. The highest BCUT2D eigenvalue weighted by molar-refractivity contribution is 6.42. The third kappa shape index (κ3) is 2.60. The minimum absolute atomic E-state index is 0.0446. The van der Waals surface area contributed by atoms with Gasteiger partial charge in [0.25, 0.3) is 0 Å². The van der Waals surface area contributed by atoms with Crippen LogP contribution in [0.15, 0.2) is 36.4 Å². The Kier molecular flexibility index (Phi) is 4.38. The Hall–Kier alpha value is -1.68. The molecule has 0 N–H and O–H groups in total. The van der Waals surface area contributed by atoms with Crippen molar-refractivity contribution in [2.45, 2.75) is 44.3 Å². The van der Waals surface area contributed by atoms with E-state index < -0.39 is 5.92 Å². The maximum atomic E-state index is 13.3. The standard InChI is InChI=1S/C23H20Cl2O3/c1-2-11-3-4-12(13-5-6-15(24)16(25)10-13)9-14(11)19-22(26)20-17-7-8-18(28-17)21(20)23(19)27/h3-6,9-10,17-21H,2,7-8H2,1H3/t17-,18+,19?,20-,21+. The Morgan fingerprint density at radius 3 is 2.11 bits per heavy atom. The molecule has 28 heavy (non-hydrogen) atoms. The lowest BCUT2D eigenvalue weighted by molar-refractivity contribution is -0.127. The number of hydrogen-bond donors (Lipinski definition) is 0. The van der Waals surface area contributed by atoms with Gasteiger partial charge in [0.2, 0.25) is 0 Å². The number of hydrogen-bond acceptors (Lipinski definition) is 3. The van der Waals surface area contributed by atoms with Crippen molar-refractivity contribution < 1.29 is 14.3 Å². The van der Waals surface area contributed by atoms with Gasteiger partial charge in [-0.1, -0.05) is 48.3 Å². The van der Waals surface area contributed by atoms with E-state index in [0.29, 0.717) is 10.0 Å². The number of Topliss-reactive ketones (excluding diaryl/α,β-unsaturated/α-hetero) is 2. The second-order valence-corrected chi connectivity index (χ2v) is 8.79. The lowest BCUT2D eigenvalue weighted by Gasteiger charge is -2.17. The van der Waals surface area contributed by atoms with E-state index in [2.05, 4.69) is 6.92 Å². The molecule has 2 heterocycles. The Bertz CT molecular complexity index is 971. The molecule has 2 aromatic rings. The second kappa shape index (κ2) is 6.69. The summed E-state index contributed by atoms with van der Waals surface area (Å²) in [5.74, 6) is -1.09. The van der Waals surface area contributed by atoms with E-state index >= 15 is 0 Å². The van der Waals surface area contributed by atoms with Crippen molar-refractivity contribution in [1.29, 1.82) is 0 Å². The summed E-state index contributed by atoms with van der Waals surface area (Å²) in [5, 5.41) is 0.983. The molecule has 2 bridgehead atoms. The summed E-state index contributed by atoms with van der Waals surface area (Å²) in [4.78, 5) is 26.5. The summed E-state index contributed by atoms with van der Waals surface area (Å²) < 4.78 is 5.87. The molecule has 3 fully saturated rings. The Morgan fingerprint density at radius 2 is 1.50 bits per heavy atom. The molecule has 144 valence electrons. The predicted octanol–water partition coefficient (Wildman–Crippen LogP) is 5.25. The average Bonchev–Trinajstić information content (AvgIpc) is 3.37. The van der Waals surface area contributed by atoms with Gasteiger partial charge in [-0.25, -0.2) is 0 Å². The molecule has 5 atom stereocenters.